The third-order valence-corrected chi connectivity index (χ3v) is 11.2. The van der Waals surface area contributed by atoms with Crippen LogP contribution in [0.25, 0.3) is 0 Å². The van der Waals surface area contributed by atoms with Crippen LogP contribution in [0, 0.1) is 0 Å². The first-order valence-electron chi connectivity index (χ1n) is 7.42. The van der Waals surface area contributed by atoms with Gasteiger partial charge >= 0.3 is 118 Å². The molecule has 0 saturated heterocycles. The molecule has 0 aliphatic carbocycles. The molecule has 0 heterocycles. The van der Waals surface area contributed by atoms with Crippen LogP contribution in [0.3, 0.4) is 0 Å². The number of hydrogen-bond donors (Lipinski definition) is 1. The summed E-state index contributed by atoms with van der Waals surface area (Å²) in [6.07, 6.45) is 0.975. The molecule has 0 radical (unpaired) electrons. The van der Waals surface area contributed by atoms with Crippen LogP contribution in [-0.2, 0) is 4.52 Å². The Morgan fingerprint density at radius 2 is 1.21 bits per heavy atom. The fraction of sp³-hybridized carbons (Fsp3) is 0.923. The zero-order valence-electron chi connectivity index (χ0n) is 13.5. The third kappa shape index (κ3) is 3.04. The molecular formula is C13H32N3O2P. The zero-order valence-corrected chi connectivity index (χ0v) is 14.4. The molecule has 5 nitrogen and oxygen atoms in total. The average Bonchev–Trinajstić information content (AvgIpc) is 2.40. The Labute approximate surface area is 118 Å². The summed E-state index contributed by atoms with van der Waals surface area (Å²) in [5.74, 6) is 0. The number of hydrogen-bond acceptors (Lipinski definition) is 4. The van der Waals surface area contributed by atoms with E-state index in [1.807, 2.05) is 0 Å². The van der Waals surface area contributed by atoms with Gasteiger partial charge in [0.25, 0.3) is 0 Å². The van der Waals surface area contributed by atoms with Crippen molar-refractivity contribution in [3.8, 4) is 0 Å². The van der Waals surface area contributed by atoms with Gasteiger partial charge < -0.3 is 0 Å². The third-order valence-electron chi connectivity index (χ3n) is 4.32. The molecule has 0 unspecified atom stereocenters. The second-order valence-electron chi connectivity index (χ2n) is 4.62. The van der Waals surface area contributed by atoms with Crippen molar-refractivity contribution >= 4 is 13.2 Å². The normalized spacial score (nSPS) is 14.4. The molecule has 0 atom stereocenters. The van der Waals surface area contributed by atoms with Gasteiger partial charge in [-0.15, -0.1) is 0 Å². The quantitative estimate of drug-likeness (QED) is 0.664. The van der Waals surface area contributed by atoms with Gasteiger partial charge in [-0.25, -0.2) is 0 Å². The Bertz CT molecular complexity index is 272. The number of carbonyl (C=O) groups excluding carboxylic acids is 1. The van der Waals surface area contributed by atoms with Crippen molar-refractivity contribution < 1.29 is 9.32 Å². The molecule has 1 amide bonds. The Kier molecular flexibility index (Phi) is 7.27. The number of nitrogens with zero attached hydrogens (tertiary/aromatic N) is 2. The van der Waals surface area contributed by atoms with E-state index in [4.69, 9.17) is 10.3 Å². The first kappa shape index (κ1) is 18.6. The summed E-state index contributed by atoms with van der Waals surface area (Å²) in [6.45, 7) is 16.1. The summed E-state index contributed by atoms with van der Waals surface area (Å²) in [4.78, 5) is 11.6. The summed E-state index contributed by atoms with van der Waals surface area (Å²) in [5, 5.41) is 0. The van der Waals surface area contributed by atoms with Crippen molar-refractivity contribution in [2.75, 3.05) is 38.5 Å². The molecule has 0 rings (SSSR count). The summed E-state index contributed by atoms with van der Waals surface area (Å²) in [5.41, 5.74) is 5.43. The van der Waals surface area contributed by atoms with Crippen LogP contribution >= 0.6 is 7.13 Å². The topological polar surface area (TPSA) is 58.8 Å². The van der Waals surface area contributed by atoms with E-state index in [-0.39, 0.29) is 0 Å². The molecule has 0 bridgehead atoms. The van der Waals surface area contributed by atoms with Crippen molar-refractivity contribution in [1.29, 1.82) is 0 Å². The predicted octanol–water partition coefficient (Wildman–Crippen LogP) is 3.10. The first-order chi connectivity index (χ1) is 8.90. The van der Waals surface area contributed by atoms with Gasteiger partial charge in [0.05, 0.1) is 0 Å². The van der Waals surface area contributed by atoms with Gasteiger partial charge in [-0.05, 0) is 0 Å². The van der Waals surface area contributed by atoms with E-state index in [1.165, 1.54) is 0 Å². The van der Waals surface area contributed by atoms with Crippen LogP contribution in [0.2, 0.25) is 0 Å². The molecule has 19 heavy (non-hydrogen) atoms. The minimum atomic E-state index is -2.92. The monoisotopic (exact) mass is 293 g/mol. The van der Waals surface area contributed by atoms with Crippen molar-refractivity contribution in [2.45, 2.75) is 41.5 Å². The number of rotatable bonds is 9. The molecule has 2 N–H and O–H groups in total. The summed E-state index contributed by atoms with van der Waals surface area (Å²) >= 11 is 0. The first-order valence-corrected chi connectivity index (χ1v) is 9.85. The van der Waals surface area contributed by atoms with Gasteiger partial charge in [0.15, 0.2) is 0 Å². The van der Waals surface area contributed by atoms with Crippen molar-refractivity contribution in [3.63, 3.8) is 0 Å². The maximum atomic E-state index is 11.6. The SMILES string of the molecule is CCN(CC)P(CC)(CC)(OC(N)=O)N(CC)CC. The van der Waals surface area contributed by atoms with E-state index >= 15 is 0 Å². The van der Waals surface area contributed by atoms with Gasteiger partial charge in [-0.2, -0.15) is 0 Å². The van der Waals surface area contributed by atoms with Crippen LogP contribution in [0.5, 0.6) is 0 Å². The average molecular weight is 293 g/mol. The number of carbonyl (C=O) groups is 1. The van der Waals surface area contributed by atoms with E-state index in [0.29, 0.717) is 0 Å². The van der Waals surface area contributed by atoms with Crippen LogP contribution in [-0.4, -0.2) is 53.9 Å². The van der Waals surface area contributed by atoms with Gasteiger partial charge in [-0.1, -0.05) is 0 Å². The zero-order chi connectivity index (χ0) is 15.1. The summed E-state index contributed by atoms with van der Waals surface area (Å²) in [7, 11) is -2.92. The van der Waals surface area contributed by atoms with Crippen molar-refractivity contribution in [2.24, 2.45) is 5.73 Å². The van der Waals surface area contributed by atoms with Crippen LogP contribution in [0.4, 0.5) is 4.79 Å². The van der Waals surface area contributed by atoms with Gasteiger partial charge in [0, 0.05) is 0 Å². The van der Waals surface area contributed by atoms with Crippen LogP contribution < -0.4 is 5.73 Å². The number of amides is 1. The van der Waals surface area contributed by atoms with Crippen LogP contribution in [0.1, 0.15) is 41.5 Å². The second-order valence-corrected chi connectivity index (χ2v) is 9.80. The Balaban J connectivity index is 6.05. The molecule has 0 aromatic carbocycles. The fourth-order valence-corrected chi connectivity index (χ4v) is 9.26. The minimum absolute atomic E-state index is 0.653. The van der Waals surface area contributed by atoms with Crippen molar-refractivity contribution in [3.05, 3.63) is 0 Å². The molecule has 0 fully saturated rings. The summed E-state index contributed by atoms with van der Waals surface area (Å²) < 4.78 is 10.6. The van der Waals surface area contributed by atoms with Gasteiger partial charge in [0.2, 0.25) is 0 Å². The molecule has 6 heteroatoms. The Morgan fingerprint density at radius 1 is 0.895 bits per heavy atom. The van der Waals surface area contributed by atoms with Crippen LogP contribution in [0.15, 0.2) is 0 Å². The number of primary amides is 1. The maximum absolute atomic E-state index is 11.6. The predicted molar refractivity (Wildman–Crippen MR) is 84.5 cm³/mol. The fourth-order valence-electron chi connectivity index (χ4n) is 3.39. The van der Waals surface area contributed by atoms with E-state index in [1.54, 1.807) is 0 Å². The molecule has 0 spiro atoms. The molecule has 116 valence electrons. The number of nitrogens with two attached hydrogens (primary N) is 1. The molecule has 0 saturated carbocycles. The van der Waals surface area contributed by atoms with Gasteiger partial charge in [-0.3, -0.25) is 0 Å². The molecule has 0 aromatic heterocycles. The Hall–Kier alpha value is -0.380. The molecule has 0 aromatic rings. The van der Waals surface area contributed by atoms with E-state index in [9.17, 15) is 4.79 Å². The molecular weight excluding hydrogens is 261 g/mol. The molecule has 0 aliphatic rings. The van der Waals surface area contributed by atoms with Crippen molar-refractivity contribution in [1.82, 2.24) is 9.34 Å². The standard InChI is InChI=1S/C13H32N3O2P/c1-7-15(8-2)19(11-5,12-6,18-13(14)17)16(9-3)10-4/h7-12H2,1-6H3,(H2,14,17). The van der Waals surface area contributed by atoms with E-state index in [0.717, 1.165) is 38.5 Å². The Morgan fingerprint density at radius 3 is 1.37 bits per heavy atom. The van der Waals surface area contributed by atoms with E-state index in [2.05, 4.69) is 50.9 Å². The second kappa shape index (κ2) is 7.41. The van der Waals surface area contributed by atoms with E-state index < -0.39 is 13.2 Å². The van der Waals surface area contributed by atoms with Gasteiger partial charge in [0.1, 0.15) is 0 Å². The molecule has 0 aliphatic heterocycles. The summed E-state index contributed by atoms with van der Waals surface area (Å²) in [6, 6.07) is 0.